The molecule has 0 spiro atoms. The average Bonchev–Trinajstić information content (AvgIpc) is 3.11. The molecule has 7 nitrogen and oxygen atoms in total. The molecule has 8 heteroatoms. The van der Waals surface area contributed by atoms with E-state index in [0.29, 0.717) is 24.2 Å². The van der Waals surface area contributed by atoms with E-state index in [1.165, 1.54) is 5.56 Å². The Hall–Kier alpha value is -1.93. The van der Waals surface area contributed by atoms with Crippen molar-refractivity contribution in [3.63, 3.8) is 0 Å². The minimum Gasteiger partial charge on any atom is -0.356 e. The van der Waals surface area contributed by atoms with Crippen molar-refractivity contribution >= 4 is 21.9 Å². The second-order valence-corrected chi connectivity index (χ2v) is 7.63. The van der Waals surface area contributed by atoms with Crippen LogP contribution in [0.4, 0.5) is 0 Å². The van der Waals surface area contributed by atoms with Crippen molar-refractivity contribution in [1.82, 2.24) is 25.3 Å². The first kappa shape index (κ1) is 19.8. The Balaban J connectivity index is 1.47. The SMILES string of the molecule is CN=C(NCCc1nc(C)no1)N1CCN(C(C)c2ccc(Br)cc2)CC1. The molecule has 0 aliphatic carbocycles. The van der Waals surface area contributed by atoms with E-state index < -0.39 is 0 Å². The van der Waals surface area contributed by atoms with E-state index in [1.54, 1.807) is 0 Å². The Morgan fingerprint density at radius 2 is 1.96 bits per heavy atom. The molecule has 1 aliphatic rings. The van der Waals surface area contributed by atoms with Crippen LogP contribution >= 0.6 is 15.9 Å². The topological polar surface area (TPSA) is 69.8 Å². The third-order valence-corrected chi connectivity index (χ3v) is 5.45. The zero-order valence-corrected chi connectivity index (χ0v) is 17.7. The van der Waals surface area contributed by atoms with Gasteiger partial charge >= 0.3 is 0 Å². The molecular formula is C19H27BrN6O. The Morgan fingerprint density at radius 1 is 1.26 bits per heavy atom. The second kappa shape index (κ2) is 9.32. The summed E-state index contributed by atoms with van der Waals surface area (Å²) in [6.07, 6.45) is 0.695. The summed E-state index contributed by atoms with van der Waals surface area (Å²) >= 11 is 3.51. The number of aromatic nitrogens is 2. The summed E-state index contributed by atoms with van der Waals surface area (Å²) in [5, 5.41) is 7.22. The van der Waals surface area contributed by atoms with Crippen molar-refractivity contribution in [2.75, 3.05) is 39.8 Å². The molecule has 1 N–H and O–H groups in total. The third-order valence-electron chi connectivity index (χ3n) is 4.92. The van der Waals surface area contributed by atoms with Crippen LogP contribution in [-0.2, 0) is 6.42 Å². The van der Waals surface area contributed by atoms with Crippen LogP contribution in [-0.4, -0.2) is 65.7 Å². The molecule has 0 radical (unpaired) electrons. The number of benzene rings is 1. The normalized spacial score (nSPS) is 17.2. The highest BCUT2D eigenvalue weighted by atomic mass is 79.9. The summed E-state index contributed by atoms with van der Waals surface area (Å²) in [5.41, 5.74) is 1.35. The zero-order valence-electron chi connectivity index (χ0n) is 16.2. The number of aryl methyl sites for hydroxylation is 1. The van der Waals surface area contributed by atoms with Crippen LogP contribution < -0.4 is 5.32 Å². The van der Waals surface area contributed by atoms with Gasteiger partial charge in [0.25, 0.3) is 0 Å². The fraction of sp³-hybridized carbons (Fsp3) is 0.526. The summed E-state index contributed by atoms with van der Waals surface area (Å²) in [6.45, 7) is 8.78. The van der Waals surface area contributed by atoms with Gasteiger partial charge in [-0.3, -0.25) is 9.89 Å². The van der Waals surface area contributed by atoms with Crippen molar-refractivity contribution in [2.24, 2.45) is 4.99 Å². The van der Waals surface area contributed by atoms with E-state index in [1.807, 2.05) is 14.0 Å². The minimum absolute atomic E-state index is 0.413. The van der Waals surface area contributed by atoms with Crippen molar-refractivity contribution in [1.29, 1.82) is 0 Å². The number of piperazine rings is 1. The van der Waals surface area contributed by atoms with Gasteiger partial charge in [0.15, 0.2) is 11.8 Å². The predicted molar refractivity (Wildman–Crippen MR) is 110 cm³/mol. The van der Waals surface area contributed by atoms with Gasteiger partial charge in [0.05, 0.1) is 0 Å². The largest absolute Gasteiger partial charge is 0.356 e. The number of nitrogens with zero attached hydrogens (tertiary/aromatic N) is 5. The summed E-state index contributed by atoms with van der Waals surface area (Å²) in [6, 6.07) is 9.02. The second-order valence-electron chi connectivity index (χ2n) is 6.71. The maximum atomic E-state index is 5.15. The number of hydrogen-bond donors (Lipinski definition) is 1. The van der Waals surface area contributed by atoms with Crippen molar-refractivity contribution in [3.05, 3.63) is 46.0 Å². The van der Waals surface area contributed by atoms with Gasteiger partial charge in [-0.2, -0.15) is 4.98 Å². The van der Waals surface area contributed by atoms with Crippen molar-refractivity contribution in [2.45, 2.75) is 26.3 Å². The lowest BCUT2D eigenvalue weighted by Gasteiger charge is -2.39. The fourth-order valence-electron chi connectivity index (χ4n) is 3.33. The van der Waals surface area contributed by atoms with Crippen LogP contribution in [0.15, 0.2) is 38.3 Å². The van der Waals surface area contributed by atoms with Crippen LogP contribution in [0.2, 0.25) is 0 Å². The highest BCUT2D eigenvalue weighted by Gasteiger charge is 2.23. The number of nitrogens with one attached hydrogen (secondary N) is 1. The fourth-order valence-corrected chi connectivity index (χ4v) is 3.59. The number of guanidine groups is 1. The van der Waals surface area contributed by atoms with Crippen molar-refractivity contribution < 1.29 is 4.52 Å². The lowest BCUT2D eigenvalue weighted by Crippen LogP contribution is -2.53. The molecule has 0 amide bonds. The van der Waals surface area contributed by atoms with Crippen LogP contribution in [0.25, 0.3) is 0 Å². The molecule has 0 saturated carbocycles. The van der Waals surface area contributed by atoms with Gasteiger partial charge in [0.1, 0.15) is 0 Å². The smallest absolute Gasteiger partial charge is 0.228 e. The molecule has 3 rings (SSSR count). The molecule has 27 heavy (non-hydrogen) atoms. The standard InChI is InChI=1S/C19H27BrN6O/c1-14(16-4-6-17(20)7-5-16)25-10-12-26(13-11-25)19(21-3)22-9-8-18-23-15(2)24-27-18/h4-7,14H,8-13H2,1-3H3,(H,21,22). The molecule has 146 valence electrons. The molecule has 1 atom stereocenters. The van der Waals surface area contributed by atoms with Gasteiger partial charge in [0, 0.05) is 56.7 Å². The predicted octanol–water partition coefficient (Wildman–Crippen LogP) is 2.64. The summed E-state index contributed by atoms with van der Waals surface area (Å²) in [7, 11) is 1.83. The number of aliphatic imine (C=N–C) groups is 1. The quantitative estimate of drug-likeness (QED) is 0.575. The first-order valence-corrected chi connectivity index (χ1v) is 10.1. The Morgan fingerprint density at radius 3 is 2.56 bits per heavy atom. The molecule has 1 saturated heterocycles. The summed E-state index contributed by atoms with van der Waals surface area (Å²) in [4.78, 5) is 13.5. The Labute approximate surface area is 169 Å². The van der Waals surface area contributed by atoms with E-state index >= 15 is 0 Å². The van der Waals surface area contributed by atoms with Gasteiger partial charge in [-0.1, -0.05) is 33.2 Å². The van der Waals surface area contributed by atoms with E-state index in [-0.39, 0.29) is 0 Å². The van der Waals surface area contributed by atoms with Crippen LogP contribution in [0.1, 0.15) is 30.2 Å². The minimum atomic E-state index is 0.413. The van der Waals surface area contributed by atoms with Crippen LogP contribution in [0.5, 0.6) is 0 Å². The Bertz CT molecular complexity index is 752. The monoisotopic (exact) mass is 434 g/mol. The molecular weight excluding hydrogens is 408 g/mol. The number of rotatable bonds is 5. The van der Waals surface area contributed by atoms with Crippen molar-refractivity contribution in [3.8, 4) is 0 Å². The first-order valence-electron chi connectivity index (χ1n) is 9.31. The van der Waals surface area contributed by atoms with Gasteiger partial charge in [0.2, 0.25) is 5.89 Å². The lowest BCUT2D eigenvalue weighted by molar-refractivity contribution is 0.138. The van der Waals surface area contributed by atoms with E-state index in [0.717, 1.165) is 43.2 Å². The molecule has 0 bridgehead atoms. The number of halogens is 1. The number of hydrogen-bond acceptors (Lipinski definition) is 5. The van der Waals surface area contributed by atoms with Crippen LogP contribution in [0.3, 0.4) is 0 Å². The molecule has 1 aromatic carbocycles. The molecule has 1 aliphatic heterocycles. The lowest BCUT2D eigenvalue weighted by atomic mass is 10.1. The molecule has 1 fully saturated rings. The molecule has 2 heterocycles. The van der Waals surface area contributed by atoms with Gasteiger partial charge < -0.3 is 14.7 Å². The van der Waals surface area contributed by atoms with E-state index in [9.17, 15) is 0 Å². The maximum Gasteiger partial charge on any atom is 0.228 e. The highest BCUT2D eigenvalue weighted by Crippen LogP contribution is 2.23. The van der Waals surface area contributed by atoms with Gasteiger partial charge in [-0.15, -0.1) is 0 Å². The van der Waals surface area contributed by atoms with E-state index in [4.69, 9.17) is 4.52 Å². The summed E-state index contributed by atoms with van der Waals surface area (Å²) in [5.74, 6) is 2.26. The highest BCUT2D eigenvalue weighted by molar-refractivity contribution is 9.10. The molecule has 1 unspecified atom stereocenters. The van der Waals surface area contributed by atoms with Gasteiger partial charge in [-0.05, 0) is 31.5 Å². The Kier molecular flexibility index (Phi) is 6.84. The van der Waals surface area contributed by atoms with Gasteiger partial charge in [-0.25, -0.2) is 0 Å². The maximum absolute atomic E-state index is 5.15. The van der Waals surface area contributed by atoms with E-state index in [2.05, 4.69) is 77.4 Å². The molecule has 2 aromatic rings. The zero-order chi connectivity index (χ0) is 19.2. The molecule has 1 aromatic heterocycles. The van der Waals surface area contributed by atoms with Crippen LogP contribution in [0, 0.1) is 6.92 Å². The third kappa shape index (κ3) is 5.29. The average molecular weight is 435 g/mol. The first-order chi connectivity index (χ1) is 13.1. The summed E-state index contributed by atoms with van der Waals surface area (Å²) < 4.78 is 6.27.